The van der Waals surface area contributed by atoms with Crippen LogP contribution in [0.15, 0.2) is 0 Å². The Morgan fingerprint density at radius 2 is 2.25 bits per heavy atom. The second-order valence-electron chi connectivity index (χ2n) is 3.08. The summed E-state index contributed by atoms with van der Waals surface area (Å²) < 4.78 is 2.29. The van der Waals surface area contributed by atoms with Gasteiger partial charge in [0.2, 0.25) is 0 Å². The van der Waals surface area contributed by atoms with E-state index in [0.29, 0.717) is 0 Å². The van der Waals surface area contributed by atoms with Crippen LogP contribution in [0.1, 0.15) is 26.7 Å². The number of carboxylic acid groups (broad SMARTS) is 1. The second-order valence-corrected chi connectivity index (χ2v) is 3.08. The van der Waals surface area contributed by atoms with Crippen LogP contribution in [0.4, 0.5) is 0 Å². The minimum Gasteiger partial charge on any atom is -0.550 e. The molecule has 1 atom stereocenters. The number of hydrogen-bond acceptors (Lipinski definition) is 2. The highest BCUT2D eigenvalue weighted by Gasteiger charge is 2.16. The molecular weight excluding hydrogens is 154 g/mol. The molecule has 1 aliphatic rings. The molecule has 0 spiro atoms. The summed E-state index contributed by atoms with van der Waals surface area (Å²) in [7, 11) is 2.15. The molecule has 0 bridgehead atoms. The fourth-order valence-electron chi connectivity index (χ4n) is 1.19. The van der Waals surface area contributed by atoms with Gasteiger partial charge >= 0.3 is 0 Å². The Balaban J connectivity index is 0.000000261. The maximum Gasteiger partial charge on any atom is 0.143 e. The number of rotatable bonds is 1. The number of hydrogen-bond donors (Lipinski definition) is 0. The standard InChI is InChI=1S/C7H14N.C2H4O2/c1-3-7-4-5-8(2)6-7;1-2(3)4/h6-7H,3-5H2,1-2H3;1H3,(H,3,4)/q+1;/p-1. The zero-order valence-electron chi connectivity index (χ0n) is 8.04. The van der Waals surface area contributed by atoms with Crippen LogP contribution in [-0.4, -0.2) is 30.4 Å². The van der Waals surface area contributed by atoms with Crippen LogP contribution < -0.4 is 5.11 Å². The lowest BCUT2D eigenvalue weighted by molar-refractivity contribution is -0.484. The Morgan fingerprint density at radius 1 is 1.75 bits per heavy atom. The summed E-state index contributed by atoms with van der Waals surface area (Å²) in [6.07, 6.45) is 5.01. The monoisotopic (exact) mass is 171 g/mol. The van der Waals surface area contributed by atoms with Crippen molar-refractivity contribution in [3.63, 3.8) is 0 Å². The van der Waals surface area contributed by atoms with Gasteiger partial charge in [-0.15, -0.1) is 0 Å². The number of carbonyl (C=O) groups is 1. The first-order chi connectivity index (χ1) is 5.56. The quantitative estimate of drug-likeness (QED) is 0.516. The van der Waals surface area contributed by atoms with Crippen LogP contribution in [0.3, 0.4) is 0 Å². The Hall–Kier alpha value is -0.860. The lowest BCUT2D eigenvalue weighted by Gasteiger charge is -1.90. The van der Waals surface area contributed by atoms with Gasteiger partial charge in [0.1, 0.15) is 19.8 Å². The largest absolute Gasteiger partial charge is 0.550 e. The molecule has 0 radical (unpaired) electrons. The van der Waals surface area contributed by atoms with Gasteiger partial charge in [0.25, 0.3) is 0 Å². The molecule has 0 saturated heterocycles. The van der Waals surface area contributed by atoms with Gasteiger partial charge in [-0.05, 0) is 13.3 Å². The molecule has 1 rings (SSSR count). The number of aliphatic carboxylic acids is 1. The Morgan fingerprint density at radius 3 is 2.42 bits per heavy atom. The molecule has 12 heavy (non-hydrogen) atoms. The molecule has 0 amide bonds. The Bertz CT molecular complexity index is 171. The maximum absolute atomic E-state index is 8.89. The SMILES string of the molecule is CC(=O)[O-].CCC1C=[N+](C)CC1. The Kier molecular flexibility index (Phi) is 5.34. The van der Waals surface area contributed by atoms with E-state index in [1.54, 1.807) is 0 Å². The molecule has 0 aromatic carbocycles. The van der Waals surface area contributed by atoms with Crippen LogP contribution >= 0.6 is 0 Å². The average Bonchev–Trinajstić information content (AvgIpc) is 2.34. The molecule has 1 heterocycles. The van der Waals surface area contributed by atoms with Gasteiger partial charge in [-0.2, -0.15) is 0 Å². The van der Waals surface area contributed by atoms with Crippen molar-refractivity contribution in [3.8, 4) is 0 Å². The van der Waals surface area contributed by atoms with Crippen LogP contribution in [0.5, 0.6) is 0 Å². The third-order valence-corrected chi connectivity index (χ3v) is 1.84. The van der Waals surface area contributed by atoms with E-state index in [1.807, 2.05) is 0 Å². The van der Waals surface area contributed by atoms with Crippen molar-refractivity contribution in [3.05, 3.63) is 0 Å². The van der Waals surface area contributed by atoms with Gasteiger partial charge < -0.3 is 9.90 Å². The summed E-state index contributed by atoms with van der Waals surface area (Å²) in [6.45, 7) is 4.48. The lowest BCUT2D eigenvalue weighted by Crippen LogP contribution is -2.16. The summed E-state index contributed by atoms with van der Waals surface area (Å²) in [5.74, 6) is -0.208. The molecular formula is C9H17NO2. The van der Waals surface area contributed by atoms with Gasteiger partial charge in [-0.1, -0.05) is 6.92 Å². The van der Waals surface area contributed by atoms with Crippen molar-refractivity contribution < 1.29 is 14.5 Å². The fraction of sp³-hybridized carbons (Fsp3) is 0.778. The van der Waals surface area contributed by atoms with Crippen molar-refractivity contribution in [2.45, 2.75) is 26.7 Å². The highest BCUT2D eigenvalue weighted by atomic mass is 16.4. The third kappa shape index (κ3) is 5.89. The average molecular weight is 171 g/mol. The number of carbonyl (C=O) groups excluding carboxylic acids is 1. The van der Waals surface area contributed by atoms with E-state index in [4.69, 9.17) is 9.90 Å². The highest BCUT2D eigenvalue weighted by Crippen LogP contribution is 2.09. The first-order valence-electron chi connectivity index (χ1n) is 4.29. The van der Waals surface area contributed by atoms with Crippen LogP contribution in [-0.2, 0) is 4.79 Å². The number of carboxylic acids is 1. The number of nitrogens with zero attached hydrogens (tertiary/aromatic N) is 1. The molecule has 3 heteroatoms. The van der Waals surface area contributed by atoms with Gasteiger partial charge in [-0.3, -0.25) is 0 Å². The zero-order valence-corrected chi connectivity index (χ0v) is 8.04. The summed E-state index contributed by atoms with van der Waals surface area (Å²) in [6, 6.07) is 0. The van der Waals surface area contributed by atoms with Crippen molar-refractivity contribution in [1.82, 2.24) is 0 Å². The van der Waals surface area contributed by atoms with Crippen LogP contribution in [0.2, 0.25) is 0 Å². The molecule has 0 fully saturated rings. The van der Waals surface area contributed by atoms with Gasteiger partial charge in [0.05, 0.1) is 0 Å². The lowest BCUT2D eigenvalue weighted by atomic mass is 10.1. The predicted molar refractivity (Wildman–Crippen MR) is 46.2 cm³/mol. The second kappa shape index (κ2) is 5.75. The molecule has 0 aromatic heterocycles. The zero-order chi connectivity index (χ0) is 9.56. The predicted octanol–water partition coefficient (Wildman–Crippen LogP) is -0.114. The van der Waals surface area contributed by atoms with E-state index >= 15 is 0 Å². The molecule has 0 aromatic rings. The van der Waals surface area contributed by atoms with Crippen molar-refractivity contribution in [1.29, 1.82) is 0 Å². The van der Waals surface area contributed by atoms with Crippen LogP contribution in [0.25, 0.3) is 0 Å². The first-order valence-corrected chi connectivity index (χ1v) is 4.29. The fourth-order valence-corrected chi connectivity index (χ4v) is 1.19. The van der Waals surface area contributed by atoms with Crippen molar-refractivity contribution >= 4 is 12.2 Å². The first kappa shape index (κ1) is 11.1. The molecule has 0 N–H and O–H groups in total. The Labute approximate surface area is 73.7 Å². The van der Waals surface area contributed by atoms with E-state index in [0.717, 1.165) is 12.8 Å². The van der Waals surface area contributed by atoms with Gasteiger partial charge in [0, 0.05) is 18.3 Å². The van der Waals surface area contributed by atoms with E-state index in [2.05, 4.69) is 24.8 Å². The summed E-state index contributed by atoms with van der Waals surface area (Å²) >= 11 is 0. The summed E-state index contributed by atoms with van der Waals surface area (Å²) in [4.78, 5) is 8.89. The van der Waals surface area contributed by atoms with E-state index in [9.17, 15) is 0 Å². The van der Waals surface area contributed by atoms with Crippen molar-refractivity contribution in [2.75, 3.05) is 13.6 Å². The van der Waals surface area contributed by atoms with Crippen LogP contribution in [0, 0.1) is 5.92 Å². The van der Waals surface area contributed by atoms with Gasteiger partial charge in [0.15, 0.2) is 0 Å². The third-order valence-electron chi connectivity index (χ3n) is 1.84. The van der Waals surface area contributed by atoms with Gasteiger partial charge in [-0.25, -0.2) is 4.58 Å². The highest BCUT2D eigenvalue weighted by molar-refractivity contribution is 5.60. The molecule has 0 aliphatic carbocycles. The van der Waals surface area contributed by atoms with Crippen molar-refractivity contribution in [2.24, 2.45) is 5.92 Å². The smallest absolute Gasteiger partial charge is 0.143 e. The minimum absolute atomic E-state index is 0.875. The molecule has 3 nitrogen and oxygen atoms in total. The molecule has 1 unspecified atom stereocenters. The maximum atomic E-state index is 8.89. The topological polar surface area (TPSA) is 43.1 Å². The molecule has 0 saturated carbocycles. The normalized spacial score (nSPS) is 20.9. The van der Waals surface area contributed by atoms with E-state index in [1.165, 1.54) is 19.4 Å². The van der Waals surface area contributed by atoms with E-state index < -0.39 is 5.97 Å². The molecule has 1 aliphatic heterocycles. The molecule has 70 valence electrons. The summed E-state index contributed by atoms with van der Waals surface area (Å²) in [5.41, 5.74) is 0. The van der Waals surface area contributed by atoms with E-state index in [-0.39, 0.29) is 0 Å². The minimum atomic E-state index is -1.08. The summed E-state index contributed by atoms with van der Waals surface area (Å²) in [5, 5.41) is 8.89.